The Hall–Kier alpha value is -2.22. The molecule has 0 saturated carbocycles. The van der Waals surface area contributed by atoms with E-state index in [0.717, 1.165) is 6.07 Å². The first kappa shape index (κ1) is 19.1. The van der Waals surface area contributed by atoms with Gasteiger partial charge in [-0.15, -0.1) is 0 Å². The molecule has 10 heteroatoms. The van der Waals surface area contributed by atoms with Crippen molar-refractivity contribution in [1.29, 1.82) is 0 Å². The van der Waals surface area contributed by atoms with E-state index in [4.69, 9.17) is 20.3 Å². The zero-order valence-electron chi connectivity index (χ0n) is 12.8. The molecule has 0 bridgehead atoms. The number of nitrogens with one attached hydrogen (secondary N) is 1. The summed E-state index contributed by atoms with van der Waals surface area (Å²) in [5.41, 5.74) is 4.80. The number of nitrogens with two attached hydrogens (primary N) is 1. The van der Waals surface area contributed by atoms with Crippen LogP contribution < -0.4 is 15.8 Å². The Morgan fingerprint density at radius 1 is 1.16 bits per heavy atom. The molecule has 136 valence electrons. The second-order valence-electron chi connectivity index (χ2n) is 5.21. The van der Waals surface area contributed by atoms with Gasteiger partial charge in [0.25, 0.3) is 0 Å². The van der Waals surface area contributed by atoms with Crippen LogP contribution in [0.25, 0.3) is 0 Å². The van der Waals surface area contributed by atoms with Gasteiger partial charge in [0.1, 0.15) is 18.6 Å². The number of nitrogen functional groups attached to an aromatic ring is 1. The summed E-state index contributed by atoms with van der Waals surface area (Å²) in [6, 6.07) is 10.2. The summed E-state index contributed by atoms with van der Waals surface area (Å²) < 4.78 is 55.7. The summed E-state index contributed by atoms with van der Waals surface area (Å²) >= 11 is 0. The maximum Gasteiger partial charge on any atom is 0.420 e. The second-order valence-corrected chi connectivity index (χ2v) is 6.85. The van der Waals surface area contributed by atoms with Crippen molar-refractivity contribution in [2.75, 3.05) is 17.3 Å². The maximum atomic E-state index is 13.2. The highest BCUT2D eigenvalue weighted by Crippen LogP contribution is 2.42. The predicted molar refractivity (Wildman–Crippen MR) is 87.2 cm³/mol. The molecule has 0 heterocycles. The molecule has 5 N–H and O–H groups in total. The molecule has 0 radical (unpaired) electrons. The maximum absolute atomic E-state index is 13.2. The lowest BCUT2D eigenvalue weighted by Gasteiger charge is -2.18. The molecule has 0 aliphatic rings. The summed E-state index contributed by atoms with van der Waals surface area (Å²) in [4.78, 5) is 17.7. The Morgan fingerprint density at radius 3 is 2.36 bits per heavy atom. The summed E-state index contributed by atoms with van der Waals surface area (Å²) in [6.45, 7) is -0.105. The minimum atomic E-state index is -4.69. The third-order valence-corrected chi connectivity index (χ3v) is 3.74. The third kappa shape index (κ3) is 5.67. The molecule has 0 unspecified atom stereocenters. The van der Waals surface area contributed by atoms with Gasteiger partial charge >= 0.3 is 13.8 Å². The summed E-state index contributed by atoms with van der Waals surface area (Å²) in [6.07, 6.45) is -5.46. The van der Waals surface area contributed by atoms with Gasteiger partial charge < -0.3 is 25.6 Å². The zero-order valence-corrected chi connectivity index (χ0v) is 13.7. The van der Waals surface area contributed by atoms with E-state index >= 15 is 0 Å². The molecule has 2 aromatic carbocycles. The molecule has 0 spiro atoms. The minimum absolute atomic E-state index is 0.0561. The van der Waals surface area contributed by atoms with Crippen LogP contribution >= 0.6 is 7.60 Å². The summed E-state index contributed by atoms with van der Waals surface area (Å²) in [7, 11) is -4.40. The van der Waals surface area contributed by atoms with Crippen LogP contribution in [0.4, 0.5) is 24.5 Å². The Labute approximate surface area is 141 Å². The number of alkyl halides is 3. The number of ether oxygens (including phenoxy) is 1. The molecule has 0 aromatic heterocycles. The monoisotopic (exact) mass is 376 g/mol. The molecule has 25 heavy (non-hydrogen) atoms. The van der Waals surface area contributed by atoms with Gasteiger partial charge in [0, 0.05) is 6.07 Å². The van der Waals surface area contributed by atoms with Crippen LogP contribution in [0.1, 0.15) is 11.1 Å². The van der Waals surface area contributed by atoms with Crippen LogP contribution in [0.5, 0.6) is 5.75 Å². The number of anilines is 2. The average Bonchev–Trinajstić information content (AvgIpc) is 2.51. The Bertz CT molecular complexity index is 778. The standard InChI is InChI=1S/C15H16F3N2O4P/c16-15(17,18)11-6-12(19)13(20-9-25(21,22)23)7-14(11)24-8-10-4-2-1-3-5-10/h1-7,20H,8-9,19H2,(H2,21,22,23). The second kappa shape index (κ2) is 7.35. The molecule has 0 aliphatic heterocycles. The van der Waals surface area contributed by atoms with E-state index in [0.29, 0.717) is 11.6 Å². The van der Waals surface area contributed by atoms with E-state index in [1.165, 1.54) is 0 Å². The summed E-state index contributed by atoms with van der Waals surface area (Å²) in [5, 5.41) is 2.33. The molecule has 0 aliphatic carbocycles. The Balaban J connectivity index is 2.31. The number of halogens is 3. The van der Waals surface area contributed by atoms with Crippen molar-refractivity contribution in [3.05, 3.63) is 53.6 Å². The van der Waals surface area contributed by atoms with Gasteiger partial charge in [-0.25, -0.2) is 0 Å². The minimum Gasteiger partial charge on any atom is -0.488 e. The lowest BCUT2D eigenvalue weighted by Crippen LogP contribution is -2.12. The highest BCUT2D eigenvalue weighted by atomic mass is 31.2. The molecule has 0 amide bonds. The van der Waals surface area contributed by atoms with E-state index < -0.39 is 31.4 Å². The van der Waals surface area contributed by atoms with E-state index in [1.807, 2.05) is 0 Å². The van der Waals surface area contributed by atoms with Crippen LogP contribution in [0.3, 0.4) is 0 Å². The molecular weight excluding hydrogens is 360 g/mol. The third-order valence-electron chi connectivity index (χ3n) is 3.17. The normalized spacial score (nSPS) is 12.0. The SMILES string of the molecule is Nc1cc(C(F)(F)F)c(OCc2ccccc2)cc1NCP(=O)(O)O. The first-order valence-corrected chi connectivity index (χ1v) is 8.82. The van der Waals surface area contributed by atoms with E-state index in [1.54, 1.807) is 30.3 Å². The lowest BCUT2D eigenvalue weighted by molar-refractivity contribution is -0.139. The Morgan fingerprint density at radius 2 is 1.80 bits per heavy atom. The molecular formula is C15H16F3N2O4P. The lowest BCUT2D eigenvalue weighted by atomic mass is 10.1. The predicted octanol–water partition coefficient (Wildman–Crippen LogP) is 3.41. The van der Waals surface area contributed by atoms with Crippen molar-refractivity contribution in [1.82, 2.24) is 0 Å². The molecule has 2 aromatic rings. The van der Waals surface area contributed by atoms with Gasteiger partial charge in [0.2, 0.25) is 0 Å². The number of hydrogen-bond acceptors (Lipinski definition) is 4. The number of rotatable bonds is 6. The van der Waals surface area contributed by atoms with E-state index in [-0.39, 0.29) is 18.0 Å². The highest BCUT2D eigenvalue weighted by molar-refractivity contribution is 7.51. The van der Waals surface area contributed by atoms with Crippen molar-refractivity contribution >= 4 is 19.0 Å². The van der Waals surface area contributed by atoms with Gasteiger partial charge in [-0.05, 0) is 11.6 Å². The van der Waals surface area contributed by atoms with E-state index in [9.17, 15) is 17.7 Å². The molecule has 0 fully saturated rings. The number of benzene rings is 2. The smallest absolute Gasteiger partial charge is 0.420 e. The van der Waals surface area contributed by atoms with Crippen LogP contribution in [0, 0.1) is 0 Å². The van der Waals surface area contributed by atoms with Crippen molar-refractivity contribution in [2.24, 2.45) is 0 Å². The first-order valence-electron chi connectivity index (χ1n) is 7.02. The zero-order chi connectivity index (χ0) is 18.7. The van der Waals surface area contributed by atoms with Gasteiger partial charge in [0.15, 0.2) is 0 Å². The fourth-order valence-electron chi connectivity index (χ4n) is 2.01. The highest BCUT2D eigenvalue weighted by Gasteiger charge is 2.35. The number of hydrogen-bond donors (Lipinski definition) is 4. The van der Waals surface area contributed by atoms with Crippen molar-refractivity contribution < 1.29 is 32.3 Å². The fourth-order valence-corrected chi connectivity index (χ4v) is 2.39. The fraction of sp³-hybridized carbons (Fsp3) is 0.200. The van der Waals surface area contributed by atoms with Crippen molar-refractivity contribution in [3.63, 3.8) is 0 Å². The first-order chi connectivity index (χ1) is 11.6. The summed E-state index contributed by atoms with van der Waals surface area (Å²) in [5.74, 6) is -0.487. The average molecular weight is 376 g/mol. The largest absolute Gasteiger partial charge is 0.488 e. The van der Waals surface area contributed by atoms with Crippen LogP contribution in [0.2, 0.25) is 0 Å². The topological polar surface area (TPSA) is 105 Å². The van der Waals surface area contributed by atoms with Gasteiger partial charge in [-0.2, -0.15) is 13.2 Å². The van der Waals surface area contributed by atoms with Crippen molar-refractivity contribution in [3.8, 4) is 5.75 Å². The van der Waals surface area contributed by atoms with Crippen LogP contribution in [0.15, 0.2) is 42.5 Å². The van der Waals surface area contributed by atoms with Crippen LogP contribution in [-0.4, -0.2) is 16.1 Å². The van der Waals surface area contributed by atoms with Crippen molar-refractivity contribution in [2.45, 2.75) is 12.8 Å². The Kier molecular flexibility index (Phi) is 5.62. The molecule has 0 saturated heterocycles. The van der Waals surface area contributed by atoms with Gasteiger partial charge in [0.05, 0.1) is 16.9 Å². The molecule has 2 rings (SSSR count). The van der Waals surface area contributed by atoms with Gasteiger partial charge in [-0.3, -0.25) is 4.57 Å². The van der Waals surface area contributed by atoms with Crippen LogP contribution in [-0.2, 0) is 17.3 Å². The molecule has 0 atom stereocenters. The molecule has 6 nitrogen and oxygen atoms in total. The van der Waals surface area contributed by atoms with Gasteiger partial charge in [-0.1, -0.05) is 30.3 Å². The quantitative estimate of drug-likeness (QED) is 0.455. The van der Waals surface area contributed by atoms with E-state index in [2.05, 4.69) is 5.32 Å².